The van der Waals surface area contributed by atoms with Crippen molar-refractivity contribution in [2.45, 2.75) is 31.7 Å². The second kappa shape index (κ2) is 7.09. The van der Waals surface area contributed by atoms with Gasteiger partial charge in [0.15, 0.2) is 0 Å². The molecule has 2 aromatic rings. The number of fused-ring (bicyclic) bond motifs is 1. The minimum Gasteiger partial charge on any atom is -0.372 e. The number of piperazine rings is 1. The highest BCUT2D eigenvalue weighted by molar-refractivity contribution is 7.09. The molecule has 2 saturated heterocycles. The summed E-state index contributed by atoms with van der Waals surface area (Å²) in [6.07, 6.45) is 5.22. The summed E-state index contributed by atoms with van der Waals surface area (Å²) in [5.74, 6) is 0. The highest BCUT2D eigenvalue weighted by Crippen LogP contribution is 2.26. The van der Waals surface area contributed by atoms with Gasteiger partial charge in [0.2, 0.25) is 0 Å². The summed E-state index contributed by atoms with van der Waals surface area (Å²) >= 11 is 1.86. The molecule has 0 bridgehead atoms. The number of nitrogens with zero attached hydrogens (tertiary/aromatic N) is 3. The van der Waals surface area contributed by atoms with Gasteiger partial charge in [-0.15, -0.1) is 11.3 Å². The van der Waals surface area contributed by atoms with Crippen molar-refractivity contribution in [1.29, 1.82) is 0 Å². The molecule has 0 amide bonds. The van der Waals surface area contributed by atoms with Crippen molar-refractivity contribution < 1.29 is 4.74 Å². The number of ether oxygens (including phenoxy) is 1. The molecule has 2 aliphatic heterocycles. The third-order valence-electron chi connectivity index (χ3n) is 4.83. The van der Waals surface area contributed by atoms with Crippen LogP contribution in [0.25, 0.3) is 0 Å². The van der Waals surface area contributed by atoms with Gasteiger partial charge in [0.25, 0.3) is 0 Å². The van der Waals surface area contributed by atoms with E-state index in [1.165, 1.54) is 24.5 Å². The van der Waals surface area contributed by atoms with Crippen LogP contribution in [0.2, 0.25) is 0 Å². The first-order valence-corrected chi connectivity index (χ1v) is 9.24. The lowest BCUT2D eigenvalue weighted by Gasteiger charge is -2.37. The van der Waals surface area contributed by atoms with Gasteiger partial charge in [-0.1, -0.05) is 12.1 Å². The molecule has 2 unspecified atom stereocenters. The van der Waals surface area contributed by atoms with E-state index in [1.54, 1.807) is 0 Å². The van der Waals surface area contributed by atoms with Crippen LogP contribution in [0.5, 0.6) is 0 Å². The first kappa shape index (κ1) is 15.3. The Kier molecular flexibility index (Phi) is 4.71. The lowest BCUT2D eigenvalue weighted by molar-refractivity contribution is 0.0457. The molecule has 5 heteroatoms. The average Bonchev–Trinajstić information content (AvgIpc) is 3.23. The summed E-state index contributed by atoms with van der Waals surface area (Å²) in [5, 5.41) is 2.17. The van der Waals surface area contributed by atoms with Crippen LogP contribution in [0.15, 0.2) is 42.0 Å². The molecule has 0 radical (unpaired) electrons. The fourth-order valence-corrected chi connectivity index (χ4v) is 4.39. The zero-order chi connectivity index (χ0) is 15.5. The van der Waals surface area contributed by atoms with Crippen LogP contribution >= 0.6 is 11.3 Å². The van der Waals surface area contributed by atoms with Crippen LogP contribution in [-0.4, -0.2) is 53.1 Å². The molecule has 4 rings (SSSR count). The van der Waals surface area contributed by atoms with Gasteiger partial charge in [0.1, 0.15) is 0 Å². The van der Waals surface area contributed by atoms with Gasteiger partial charge in [0, 0.05) is 56.0 Å². The second-order valence-electron chi connectivity index (χ2n) is 6.49. The predicted molar refractivity (Wildman–Crippen MR) is 92.4 cm³/mol. The molecule has 4 heterocycles. The zero-order valence-electron chi connectivity index (χ0n) is 13.3. The Bertz CT molecular complexity index is 604. The summed E-state index contributed by atoms with van der Waals surface area (Å²) < 4.78 is 6.12. The van der Waals surface area contributed by atoms with Gasteiger partial charge in [-0.05, 0) is 29.5 Å². The van der Waals surface area contributed by atoms with E-state index in [-0.39, 0.29) is 0 Å². The zero-order valence-corrected chi connectivity index (χ0v) is 14.1. The number of aromatic nitrogens is 1. The standard InChI is InChI=1S/C18H23N3OS/c1-3-15(10-19-5-1)14-22-17-9-16-11-20(6-7-21(16)12-17)13-18-4-2-8-23-18/h1-5,8,10,16-17H,6-7,9,11-14H2. The minimum atomic E-state index is 0.363. The SMILES string of the molecule is c1cncc(COC2CC3CN(Cc4cccs4)CCN3C2)c1. The van der Waals surface area contributed by atoms with Gasteiger partial charge in [0.05, 0.1) is 12.7 Å². The molecule has 2 aliphatic rings. The normalized spacial score (nSPS) is 25.6. The predicted octanol–water partition coefficient (Wildman–Crippen LogP) is 2.62. The van der Waals surface area contributed by atoms with Gasteiger partial charge in [-0.3, -0.25) is 14.8 Å². The van der Waals surface area contributed by atoms with Crippen molar-refractivity contribution in [3.63, 3.8) is 0 Å². The Morgan fingerprint density at radius 1 is 1.22 bits per heavy atom. The summed E-state index contributed by atoms with van der Waals surface area (Å²) in [4.78, 5) is 10.8. The molecule has 0 N–H and O–H groups in total. The van der Waals surface area contributed by atoms with Crippen LogP contribution in [-0.2, 0) is 17.9 Å². The number of pyridine rings is 1. The summed E-state index contributed by atoms with van der Waals surface area (Å²) in [6, 6.07) is 9.10. The monoisotopic (exact) mass is 329 g/mol. The first-order chi connectivity index (χ1) is 11.4. The number of rotatable bonds is 5. The van der Waals surface area contributed by atoms with E-state index in [1.807, 2.05) is 29.8 Å². The smallest absolute Gasteiger partial charge is 0.0736 e. The van der Waals surface area contributed by atoms with Crippen molar-refractivity contribution in [3.05, 3.63) is 52.5 Å². The van der Waals surface area contributed by atoms with Gasteiger partial charge < -0.3 is 4.74 Å². The maximum Gasteiger partial charge on any atom is 0.0736 e. The van der Waals surface area contributed by atoms with Crippen LogP contribution in [0, 0.1) is 0 Å². The molecule has 2 aromatic heterocycles. The largest absolute Gasteiger partial charge is 0.372 e. The Morgan fingerprint density at radius 3 is 3.04 bits per heavy atom. The second-order valence-corrected chi connectivity index (χ2v) is 7.53. The van der Waals surface area contributed by atoms with E-state index >= 15 is 0 Å². The van der Waals surface area contributed by atoms with Crippen LogP contribution in [0.3, 0.4) is 0 Å². The number of hydrogen-bond acceptors (Lipinski definition) is 5. The Hall–Kier alpha value is -1.27. The quantitative estimate of drug-likeness (QED) is 0.843. The molecule has 2 fully saturated rings. The van der Waals surface area contributed by atoms with E-state index in [0.717, 1.165) is 25.1 Å². The van der Waals surface area contributed by atoms with Gasteiger partial charge >= 0.3 is 0 Å². The number of thiophene rings is 1. The number of hydrogen-bond donors (Lipinski definition) is 0. The molecule has 0 aliphatic carbocycles. The molecular weight excluding hydrogens is 306 g/mol. The molecule has 23 heavy (non-hydrogen) atoms. The first-order valence-electron chi connectivity index (χ1n) is 8.36. The Balaban J connectivity index is 1.27. The average molecular weight is 329 g/mol. The van der Waals surface area contributed by atoms with E-state index < -0.39 is 0 Å². The van der Waals surface area contributed by atoms with E-state index in [9.17, 15) is 0 Å². The molecule has 0 spiro atoms. The third-order valence-corrected chi connectivity index (χ3v) is 5.69. The highest BCUT2D eigenvalue weighted by atomic mass is 32.1. The molecule has 0 saturated carbocycles. The Labute approximate surface area is 141 Å². The maximum atomic E-state index is 6.12. The van der Waals surface area contributed by atoms with Crippen molar-refractivity contribution in [1.82, 2.24) is 14.8 Å². The van der Waals surface area contributed by atoms with Crippen LogP contribution in [0.1, 0.15) is 16.9 Å². The van der Waals surface area contributed by atoms with Crippen molar-refractivity contribution in [3.8, 4) is 0 Å². The molecule has 4 nitrogen and oxygen atoms in total. The van der Waals surface area contributed by atoms with Gasteiger partial charge in [-0.2, -0.15) is 0 Å². The molecule has 122 valence electrons. The molecule has 2 atom stereocenters. The fourth-order valence-electron chi connectivity index (χ4n) is 3.65. The van der Waals surface area contributed by atoms with Crippen molar-refractivity contribution in [2.75, 3.05) is 26.2 Å². The summed E-state index contributed by atoms with van der Waals surface area (Å²) in [7, 11) is 0. The summed E-state index contributed by atoms with van der Waals surface area (Å²) in [6.45, 7) is 6.37. The lowest BCUT2D eigenvalue weighted by atomic mass is 10.1. The lowest BCUT2D eigenvalue weighted by Crippen LogP contribution is -2.49. The topological polar surface area (TPSA) is 28.6 Å². The molecule has 0 aromatic carbocycles. The van der Waals surface area contributed by atoms with E-state index in [0.29, 0.717) is 18.8 Å². The van der Waals surface area contributed by atoms with Gasteiger partial charge in [-0.25, -0.2) is 0 Å². The van der Waals surface area contributed by atoms with E-state index in [2.05, 4.69) is 38.4 Å². The van der Waals surface area contributed by atoms with Crippen LogP contribution in [0.4, 0.5) is 0 Å². The van der Waals surface area contributed by atoms with E-state index in [4.69, 9.17) is 4.74 Å². The minimum absolute atomic E-state index is 0.363. The molecular formula is C18H23N3OS. The van der Waals surface area contributed by atoms with Crippen molar-refractivity contribution >= 4 is 11.3 Å². The van der Waals surface area contributed by atoms with Crippen molar-refractivity contribution in [2.24, 2.45) is 0 Å². The maximum absolute atomic E-state index is 6.12. The highest BCUT2D eigenvalue weighted by Gasteiger charge is 2.36. The van der Waals surface area contributed by atoms with Crippen LogP contribution < -0.4 is 0 Å². The summed E-state index contributed by atoms with van der Waals surface area (Å²) in [5.41, 5.74) is 1.16. The Morgan fingerprint density at radius 2 is 2.22 bits per heavy atom. The third kappa shape index (κ3) is 3.80. The fraction of sp³-hybridized carbons (Fsp3) is 0.500.